The molecule has 0 fully saturated rings. The molecule has 1 aromatic carbocycles. The van der Waals surface area contributed by atoms with E-state index in [0.29, 0.717) is 0 Å². The molecule has 9 heteroatoms. The van der Waals surface area contributed by atoms with Gasteiger partial charge in [0.25, 0.3) is 5.91 Å². The topological polar surface area (TPSA) is 66.9 Å². The lowest BCUT2D eigenvalue weighted by Crippen LogP contribution is -2.30. The third-order valence-corrected chi connectivity index (χ3v) is 3.20. The van der Waals surface area contributed by atoms with Gasteiger partial charge in [0.2, 0.25) is 0 Å². The number of carbonyl (C=O) groups excluding carboxylic acids is 1. The second-order valence-corrected chi connectivity index (χ2v) is 5.66. The SMILES string of the molecule is CC(C)NC(=O)c1ccc(Nc2cc(C(F)(F)F)ccc2Cl)nn1. The minimum atomic E-state index is -4.48. The molecule has 0 aliphatic heterocycles. The maximum atomic E-state index is 12.7. The van der Waals surface area contributed by atoms with Crippen molar-refractivity contribution in [3.8, 4) is 0 Å². The first-order valence-electron chi connectivity index (χ1n) is 6.95. The number of halogens is 4. The Balaban J connectivity index is 2.18. The van der Waals surface area contributed by atoms with Crippen LogP contribution in [0.3, 0.4) is 0 Å². The van der Waals surface area contributed by atoms with Gasteiger partial charge < -0.3 is 10.6 Å². The zero-order chi connectivity index (χ0) is 17.9. The van der Waals surface area contributed by atoms with E-state index in [1.165, 1.54) is 12.1 Å². The predicted molar refractivity (Wildman–Crippen MR) is 84.4 cm³/mol. The van der Waals surface area contributed by atoms with Crippen LogP contribution in [0.4, 0.5) is 24.7 Å². The van der Waals surface area contributed by atoms with Gasteiger partial charge in [0.1, 0.15) is 0 Å². The van der Waals surface area contributed by atoms with Crippen molar-refractivity contribution < 1.29 is 18.0 Å². The molecule has 1 amide bonds. The van der Waals surface area contributed by atoms with Gasteiger partial charge in [0.15, 0.2) is 11.5 Å². The molecular formula is C15H14ClF3N4O. The summed E-state index contributed by atoms with van der Waals surface area (Å²) in [6.07, 6.45) is -4.48. The van der Waals surface area contributed by atoms with E-state index in [1.807, 2.05) is 0 Å². The Kier molecular flexibility index (Phi) is 5.28. The number of aromatic nitrogens is 2. The fraction of sp³-hybridized carbons (Fsp3) is 0.267. The van der Waals surface area contributed by atoms with E-state index in [0.717, 1.165) is 18.2 Å². The van der Waals surface area contributed by atoms with Gasteiger partial charge in [0.05, 0.1) is 16.3 Å². The Morgan fingerprint density at radius 2 is 1.88 bits per heavy atom. The standard InChI is InChI=1S/C15H14ClF3N4O/c1-8(2)20-14(24)11-5-6-13(23-22-11)21-12-7-9(15(17,18)19)3-4-10(12)16/h3-8H,1-2H3,(H,20,24)(H,21,23). The van der Waals surface area contributed by atoms with Crippen LogP contribution in [0.15, 0.2) is 30.3 Å². The highest BCUT2D eigenvalue weighted by atomic mass is 35.5. The first-order valence-corrected chi connectivity index (χ1v) is 7.33. The highest BCUT2D eigenvalue weighted by Crippen LogP contribution is 2.34. The number of hydrogen-bond acceptors (Lipinski definition) is 4. The van der Waals surface area contributed by atoms with Crippen molar-refractivity contribution in [2.45, 2.75) is 26.1 Å². The lowest BCUT2D eigenvalue weighted by molar-refractivity contribution is -0.137. The molecule has 0 aliphatic carbocycles. The molecule has 1 aromatic heterocycles. The summed E-state index contributed by atoms with van der Waals surface area (Å²) >= 11 is 5.89. The summed E-state index contributed by atoms with van der Waals surface area (Å²) in [6.45, 7) is 3.60. The molecule has 0 saturated carbocycles. The minimum Gasteiger partial charge on any atom is -0.348 e. The third kappa shape index (κ3) is 4.58. The maximum absolute atomic E-state index is 12.7. The summed E-state index contributed by atoms with van der Waals surface area (Å²) < 4.78 is 38.2. The number of anilines is 2. The van der Waals surface area contributed by atoms with Crippen molar-refractivity contribution >= 4 is 29.0 Å². The van der Waals surface area contributed by atoms with Gasteiger partial charge >= 0.3 is 6.18 Å². The molecule has 0 saturated heterocycles. The number of hydrogen-bond donors (Lipinski definition) is 2. The minimum absolute atomic E-state index is 0.0418. The normalized spacial score (nSPS) is 11.5. The molecular weight excluding hydrogens is 345 g/mol. The Labute approximate surface area is 141 Å². The van der Waals surface area contributed by atoms with Crippen LogP contribution in [-0.2, 0) is 6.18 Å². The van der Waals surface area contributed by atoms with Gasteiger partial charge in [-0.3, -0.25) is 4.79 Å². The molecule has 0 radical (unpaired) electrons. The Morgan fingerprint density at radius 1 is 1.17 bits per heavy atom. The molecule has 0 spiro atoms. The fourth-order valence-corrected chi connectivity index (χ4v) is 1.96. The van der Waals surface area contributed by atoms with Crippen molar-refractivity contribution in [3.05, 3.63) is 46.6 Å². The number of rotatable bonds is 4. The molecule has 5 nitrogen and oxygen atoms in total. The van der Waals surface area contributed by atoms with Crippen LogP contribution >= 0.6 is 11.6 Å². The monoisotopic (exact) mass is 358 g/mol. The summed E-state index contributed by atoms with van der Waals surface area (Å²) in [5.74, 6) is -0.224. The van der Waals surface area contributed by atoms with Crippen LogP contribution in [0.25, 0.3) is 0 Å². The van der Waals surface area contributed by atoms with E-state index in [9.17, 15) is 18.0 Å². The fourth-order valence-electron chi connectivity index (χ4n) is 1.79. The second-order valence-electron chi connectivity index (χ2n) is 5.25. The van der Waals surface area contributed by atoms with Gasteiger partial charge in [-0.1, -0.05) is 11.6 Å². The Morgan fingerprint density at radius 3 is 2.42 bits per heavy atom. The highest BCUT2D eigenvalue weighted by molar-refractivity contribution is 6.33. The van der Waals surface area contributed by atoms with Gasteiger partial charge in [-0.05, 0) is 44.2 Å². The average molecular weight is 359 g/mol. The summed E-state index contributed by atoms with van der Waals surface area (Å²) in [4.78, 5) is 11.8. The summed E-state index contributed by atoms with van der Waals surface area (Å²) in [7, 11) is 0. The zero-order valence-corrected chi connectivity index (χ0v) is 13.5. The first kappa shape index (κ1) is 18.0. The molecule has 1 heterocycles. The third-order valence-electron chi connectivity index (χ3n) is 2.87. The molecule has 0 aliphatic rings. The van der Waals surface area contributed by atoms with Crippen molar-refractivity contribution in [3.63, 3.8) is 0 Å². The van der Waals surface area contributed by atoms with Crippen LogP contribution in [0, 0.1) is 0 Å². The lowest BCUT2D eigenvalue weighted by Gasteiger charge is -2.12. The summed E-state index contributed by atoms with van der Waals surface area (Å²) in [6, 6.07) is 5.70. The predicted octanol–water partition coefficient (Wildman–Crippen LogP) is 4.03. The molecule has 2 N–H and O–H groups in total. The van der Waals surface area contributed by atoms with Gasteiger partial charge in [-0.25, -0.2) is 0 Å². The smallest absolute Gasteiger partial charge is 0.348 e. The number of carbonyl (C=O) groups is 1. The number of alkyl halides is 3. The van der Waals surface area contributed by atoms with Gasteiger partial charge in [-0.2, -0.15) is 13.2 Å². The highest BCUT2D eigenvalue weighted by Gasteiger charge is 2.31. The average Bonchev–Trinajstić information content (AvgIpc) is 2.48. The Bertz CT molecular complexity index is 732. The summed E-state index contributed by atoms with van der Waals surface area (Å²) in [5, 5.41) is 12.9. The van der Waals surface area contributed by atoms with Crippen molar-refractivity contribution in [2.75, 3.05) is 5.32 Å². The van der Waals surface area contributed by atoms with Crippen LogP contribution in [0.2, 0.25) is 5.02 Å². The van der Waals surface area contributed by atoms with Crippen molar-refractivity contribution in [2.24, 2.45) is 0 Å². The quantitative estimate of drug-likeness (QED) is 0.866. The summed E-state index contributed by atoms with van der Waals surface area (Å²) in [5.41, 5.74) is -0.695. The van der Waals surface area contributed by atoms with E-state index in [1.54, 1.807) is 13.8 Å². The largest absolute Gasteiger partial charge is 0.416 e. The van der Waals surface area contributed by atoms with Crippen LogP contribution in [-0.4, -0.2) is 22.1 Å². The molecule has 0 bridgehead atoms. The lowest BCUT2D eigenvalue weighted by atomic mass is 10.2. The van der Waals surface area contributed by atoms with Gasteiger partial charge in [-0.15, -0.1) is 10.2 Å². The number of benzene rings is 1. The first-order chi connectivity index (χ1) is 11.2. The van der Waals surface area contributed by atoms with E-state index in [4.69, 9.17) is 11.6 Å². The number of nitrogens with zero attached hydrogens (tertiary/aromatic N) is 2. The maximum Gasteiger partial charge on any atom is 0.416 e. The van der Waals surface area contributed by atoms with Crippen LogP contribution in [0.5, 0.6) is 0 Å². The molecule has 24 heavy (non-hydrogen) atoms. The van der Waals surface area contributed by atoms with E-state index in [-0.39, 0.29) is 34.2 Å². The molecule has 2 rings (SSSR count). The van der Waals surface area contributed by atoms with E-state index in [2.05, 4.69) is 20.8 Å². The van der Waals surface area contributed by atoms with Crippen LogP contribution in [0.1, 0.15) is 29.9 Å². The molecule has 0 atom stereocenters. The van der Waals surface area contributed by atoms with Gasteiger partial charge in [0, 0.05) is 6.04 Å². The molecule has 128 valence electrons. The van der Waals surface area contributed by atoms with Crippen molar-refractivity contribution in [1.82, 2.24) is 15.5 Å². The van der Waals surface area contributed by atoms with E-state index >= 15 is 0 Å². The van der Waals surface area contributed by atoms with Crippen LogP contribution < -0.4 is 10.6 Å². The Hall–Kier alpha value is -2.35. The zero-order valence-electron chi connectivity index (χ0n) is 12.8. The molecule has 0 unspecified atom stereocenters. The second kappa shape index (κ2) is 7.04. The number of amides is 1. The van der Waals surface area contributed by atoms with Crippen molar-refractivity contribution in [1.29, 1.82) is 0 Å². The number of nitrogens with one attached hydrogen (secondary N) is 2. The van der Waals surface area contributed by atoms with E-state index < -0.39 is 11.7 Å². The molecule has 2 aromatic rings.